The molecule has 3 aliphatic carbocycles. The maximum Gasteiger partial charge on any atom is 0.143 e. The average molecular weight is 700 g/mol. The number of hydrogen-bond acceptors (Lipinski definition) is 2. The van der Waals surface area contributed by atoms with Crippen molar-refractivity contribution in [1.29, 1.82) is 0 Å². The molecule has 0 saturated heterocycles. The maximum atomic E-state index is 6.55. The number of anilines is 2. The summed E-state index contributed by atoms with van der Waals surface area (Å²) in [6, 6.07) is 51.2. The summed E-state index contributed by atoms with van der Waals surface area (Å²) in [5, 5.41) is 5.26. The van der Waals surface area contributed by atoms with E-state index >= 15 is 0 Å². The summed E-state index contributed by atoms with van der Waals surface area (Å²) in [6.45, 7) is 0. The molecule has 0 amide bonds. The normalized spacial score (nSPS) is 17.3. The van der Waals surface area contributed by atoms with Gasteiger partial charge in [0.25, 0.3) is 0 Å². The van der Waals surface area contributed by atoms with Crippen LogP contribution in [-0.4, -0.2) is 6.04 Å². The molecule has 0 aliphatic heterocycles. The minimum Gasteiger partial charge on any atom is -0.455 e. The zero-order chi connectivity index (χ0) is 35.8. The number of rotatable bonds is 7. The first-order valence-electron chi connectivity index (χ1n) is 19.9. The molecule has 10 rings (SSSR count). The monoisotopic (exact) mass is 699 g/mol. The smallest absolute Gasteiger partial charge is 0.143 e. The van der Waals surface area contributed by atoms with Crippen LogP contribution in [0.4, 0.5) is 11.4 Å². The second-order valence-electron chi connectivity index (χ2n) is 15.3. The number of nitrogens with zero attached hydrogens (tertiary/aromatic N) is 1. The van der Waals surface area contributed by atoms with Gasteiger partial charge in [0.1, 0.15) is 11.2 Å². The lowest BCUT2D eigenvalue weighted by atomic mass is 9.78. The van der Waals surface area contributed by atoms with E-state index in [9.17, 15) is 0 Å². The maximum absolute atomic E-state index is 6.55. The average Bonchev–Trinajstić information content (AvgIpc) is 3.64. The Morgan fingerprint density at radius 3 is 2.26 bits per heavy atom. The Kier molecular flexibility index (Phi) is 8.60. The SMILES string of the molecule is C1=CCC(N(c2ccc(-c3ccccc3)cc2)c2cccc(-c3cccc4c3oc3ccccc34)c2)C(C2=c3c(C4CCCCC4)cccc3=CCC2)=C1. The lowest BCUT2D eigenvalue weighted by molar-refractivity contribution is 0.442. The van der Waals surface area contributed by atoms with E-state index in [-0.39, 0.29) is 6.04 Å². The molecule has 1 heterocycles. The minimum atomic E-state index is 0.134. The summed E-state index contributed by atoms with van der Waals surface area (Å²) in [7, 11) is 0. The van der Waals surface area contributed by atoms with Crippen LogP contribution in [0.25, 0.3) is 55.8 Å². The summed E-state index contributed by atoms with van der Waals surface area (Å²) >= 11 is 0. The molecule has 1 saturated carbocycles. The van der Waals surface area contributed by atoms with Crippen molar-refractivity contribution in [3.63, 3.8) is 0 Å². The van der Waals surface area contributed by atoms with Gasteiger partial charge in [-0.1, -0.05) is 153 Å². The predicted octanol–water partition coefficient (Wildman–Crippen LogP) is 12.8. The highest BCUT2D eigenvalue weighted by atomic mass is 16.3. The number of benzene rings is 6. The van der Waals surface area contributed by atoms with Crippen molar-refractivity contribution >= 4 is 45.0 Å². The zero-order valence-electron chi connectivity index (χ0n) is 30.8. The van der Waals surface area contributed by atoms with E-state index in [4.69, 9.17) is 4.42 Å². The van der Waals surface area contributed by atoms with Gasteiger partial charge in [-0.05, 0) is 112 Å². The number of hydrogen-bond donors (Lipinski definition) is 0. The van der Waals surface area contributed by atoms with Crippen LogP contribution < -0.4 is 15.3 Å². The van der Waals surface area contributed by atoms with Gasteiger partial charge in [0.2, 0.25) is 0 Å². The topological polar surface area (TPSA) is 16.4 Å². The Hall–Kier alpha value is -5.86. The first kappa shape index (κ1) is 32.8. The van der Waals surface area contributed by atoms with E-state index in [2.05, 4.69) is 169 Å². The van der Waals surface area contributed by atoms with E-state index < -0.39 is 0 Å². The van der Waals surface area contributed by atoms with E-state index in [1.807, 2.05) is 0 Å². The first-order chi connectivity index (χ1) is 26.8. The molecular weight excluding hydrogens is 655 g/mol. The van der Waals surface area contributed by atoms with Gasteiger partial charge in [0.15, 0.2) is 0 Å². The van der Waals surface area contributed by atoms with Crippen LogP contribution in [0.1, 0.15) is 62.8 Å². The molecule has 2 heteroatoms. The Labute approximate surface area is 318 Å². The second-order valence-corrected chi connectivity index (χ2v) is 15.3. The standard InChI is InChI=1S/C52H45NO/c1-3-15-36(16-4-1)37-31-33-41(34-32-37)53(42-22-11-21-40(35-42)44-26-14-28-48-46-24-8-10-30-50(46)54-52(44)48)49-29-9-7-23-45(49)47-27-13-20-39-19-12-25-43(51(39)47)38-17-5-2-6-18-38/h1,3-4,7-12,14-16,19-26,28,30-35,38,49H,2,5-6,13,17-18,27,29H2. The predicted molar refractivity (Wildman–Crippen MR) is 227 cm³/mol. The van der Waals surface area contributed by atoms with Crippen LogP contribution in [-0.2, 0) is 0 Å². The third kappa shape index (κ3) is 5.91. The van der Waals surface area contributed by atoms with Crippen LogP contribution in [0.3, 0.4) is 0 Å². The molecule has 0 bridgehead atoms. The Morgan fingerprint density at radius 1 is 0.611 bits per heavy atom. The molecule has 1 atom stereocenters. The van der Waals surface area contributed by atoms with Crippen molar-refractivity contribution in [2.24, 2.45) is 0 Å². The Balaban J connectivity index is 1.14. The molecule has 1 aromatic heterocycles. The third-order valence-electron chi connectivity index (χ3n) is 12.1. The summed E-state index contributed by atoms with van der Waals surface area (Å²) in [5.74, 6) is 0.646. The zero-order valence-corrected chi connectivity index (χ0v) is 30.8. The number of allylic oxidation sites excluding steroid dienone is 2. The molecule has 0 N–H and O–H groups in total. The van der Waals surface area contributed by atoms with Crippen LogP contribution in [0.5, 0.6) is 0 Å². The highest BCUT2D eigenvalue weighted by molar-refractivity contribution is 6.09. The first-order valence-corrected chi connectivity index (χ1v) is 19.9. The molecular formula is C52H45NO. The number of furan rings is 1. The van der Waals surface area contributed by atoms with Crippen molar-refractivity contribution < 1.29 is 4.42 Å². The molecule has 3 aliphatic rings. The molecule has 2 nitrogen and oxygen atoms in total. The highest BCUT2D eigenvalue weighted by Crippen LogP contribution is 2.42. The van der Waals surface area contributed by atoms with Crippen molar-refractivity contribution in [2.45, 2.75) is 63.3 Å². The molecule has 54 heavy (non-hydrogen) atoms. The summed E-state index contributed by atoms with van der Waals surface area (Å²) in [4.78, 5) is 2.61. The molecule has 264 valence electrons. The summed E-state index contributed by atoms with van der Waals surface area (Å²) < 4.78 is 6.55. The molecule has 1 fully saturated rings. The van der Waals surface area contributed by atoms with E-state index in [1.165, 1.54) is 76.2 Å². The summed E-state index contributed by atoms with van der Waals surface area (Å²) in [5.41, 5.74) is 13.6. The fourth-order valence-corrected chi connectivity index (χ4v) is 9.56. The molecule has 7 aromatic rings. The Morgan fingerprint density at radius 2 is 1.37 bits per heavy atom. The van der Waals surface area contributed by atoms with Crippen molar-refractivity contribution in [1.82, 2.24) is 0 Å². The van der Waals surface area contributed by atoms with E-state index in [1.54, 1.807) is 5.56 Å². The van der Waals surface area contributed by atoms with Gasteiger partial charge in [-0.2, -0.15) is 0 Å². The molecule has 6 aromatic carbocycles. The largest absolute Gasteiger partial charge is 0.455 e. The van der Waals surface area contributed by atoms with Crippen molar-refractivity contribution in [3.05, 3.63) is 179 Å². The van der Waals surface area contributed by atoms with E-state index in [0.29, 0.717) is 5.92 Å². The molecule has 1 unspecified atom stereocenters. The van der Waals surface area contributed by atoms with Gasteiger partial charge in [-0.3, -0.25) is 0 Å². The van der Waals surface area contributed by atoms with Crippen LogP contribution in [0, 0.1) is 0 Å². The van der Waals surface area contributed by atoms with Gasteiger partial charge in [-0.25, -0.2) is 0 Å². The van der Waals surface area contributed by atoms with Gasteiger partial charge in [-0.15, -0.1) is 0 Å². The van der Waals surface area contributed by atoms with Gasteiger partial charge in [0.05, 0.1) is 6.04 Å². The third-order valence-corrected chi connectivity index (χ3v) is 12.1. The van der Waals surface area contributed by atoms with Crippen LogP contribution >= 0.6 is 0 Å². The number of para-hydroxylation sites is 2. The number of fused-ring (bicyclic) bond motifs is 4. The van der Waals surface area contributed by atoms with Crippen molar-refractivity contribution in [3.8, 4) is 22.3 Å². The van der Waals surface area contributed by atoms with Crippen molar-refractivity contribution in [2.75, 3.05) is 4.90 Å². The highest BCUT2D eigenvalue weighted by Gasteiger charge is 2.30. The lowest BCUT2D eigenvalue weighted by Gasteiger charge is -2.38. The van der Waals surface area contributed by atoms with Gasteiger partial charge in [0, 0.05) is 27.7 Å². The molecule has 0 radical (unpaired) electrons. The van der Waals surface area contributed by atoms with Crippen LogP contribution in [0.2, 0.25) is 0 Å². The minimum absolute atomic E-state index is 0.134. The second kappa shape index (κ2) is 14.2. The fourth-order valence-electron chi connectivity index (χ4n) is 9.56. The van der Waals surface area contributed by atoms with Crippen LogP contribution in [0.15, 0.2) is 168 Å². The Bertz CT molecular complexity index is 2670. The summed E-state index contributed by atoms with van der Waals surface area (Å²) in [6.07, 6.45) is 19.3. The molecule has 0 spiro atoms. The lowest BCUT2D eigenvalue weighted by Crippen LogP contribution is -2.39. The van der Waals surface area contributed by atoms with Gasteiger partial charge >= 0.3 is 0 Å². The van der Waals surface area contributed by atoms with Gasteiger partial charge < -0.3 is 9.32 Å². The quantitative estimate of drug-likeness (QED) is 0.165. The van der Waals surface area contributed by atoms with E-state index in [0.717, 1.165) is 52.3 Å². The fraction of sp³-hybridized carbons (Fsp3) is 0.192.